The van der Waals surface area contributed by atoms with Crippen molar-refractivity contribution in [2.75, 3.05) is 18.5 Å². The highest BCUT2D eigenvalue weighted by molar-refractivity contribution is 6.11. The van der Waals surface area contributed by atoms with E-state index in [1.54, 1.807) is 0 Å². The van der Waals surface area contributed by atoms with Crippen molar-refractivity contribution >= 4 is 17.7 Å². The topological polar surface area (TPSA) is 76.7 Å². The van der Waals surface area contributed by atoms with E-state index in [1.165, 1.54) is 0 Å². The Balaban J connectivity index is 1.78. The molecule has 3 aromatic rings. The molecule has 0 bridgehead atoms. The molecule has 6 nitrogen and oxygen atoms in total. The molecule has 6 heteroatoms. The van der Waals surface area contributed by atoms with Crippen LogP contribution in [0.1, 0.15) is 63.8 Å². The minimum absolute atomic E-state index is 0.123. The predicted octanol–water partition coefficient (Wildman–Crippen LogP) is 6.17. The number of fused-ring (bicyclic) bond motifs is 1. The molecule has 1 aliphatic rings. The standard InChI is InChI=1S/C31H36N2O4/c1-29(2,3)22-16-17-26(36-19-18-32-28(35)37-30(4,5)6)24(20-22)31(21-12-8-7-9-13-21)23-14-10-11-15-25(23)33-27(31)34/h7-17,20H,18-19H2,1-6H3,(H,32,35)(H,33,34). The van der Waals surface area contributed by atoms with E-state index in [1.807, 2.05) is 87.5 Å². The van der Waals surface area contributed by atoms with Crippen LogP contribution in [0.3, 0.4) is 0 Å². The molecule has 37 heavy (non-hydrogen) atoms. The van der Waals surface area contributed by atoms with Gasteiger partial charge in [-0.1, -0.05) is 75.4 Å². The number of anilines is 1. The lowest BCUT2D eigenvalue weighted by Gasteiger charge is -2.32. The van der Waals surface area contributed by atoms with Crippen LogP contribution in [0.4, 0.5) is 10.5 Å². The van der Waals surface area contributed by atoms with Gasteiger partial charge < -0.3 is 20.1 Å². The molecule has 0 saturated heterocycles. The molecule has 0 fully saturated rings. The van der Waals surface area contributed by atoms with E-state index >= 15 is 0 Å². The molecule has 3 aromatic carbocycles. The van der Waals surface area contributed by atoms with Crippen LogP contribution in [0, 0.1) is 0 Å². The molecule has 0 aromatic heterocycles. The molecule has 0 saturated carbocycles. The normalized spacial score (nSPS) is 17.1. The van der Waals surface area contributed by atoms with Gasteiger partial charge in [-0.2, -0.15) is 0 Å². The Bertz CT molecular complexity index is 1290. The smallest absolute Gasteiger partial charge is 0.407 e. The maximum absolute atomic E-state index is 14.0. The van der Waals surface area contributed by atoms with E-state index in [0.29, 0.717) is 5.75 Å². The molecular formula is C31H36N2O4. The van der Waals surface area contributed by atoms with Crippen molar-refractivity contribution in [1.82, 2.24) is 5.32 Å². The minimum Gasteiger partial charge on any atom is -0.491 e. The average molecular weight is 501 g/mol. The first-order chi connectivity index (χ1) is 17.4. The minimum atomic E-state index is -1.09. The molecule has 0 aliphatic carbocycles. The third-order valence-electron chi connectivity index (χ3n) is 6.40. The van der Waals surface area contributed by atoms with Crippen molar-refractivity contribution in [2.45, 2.75) is 58.0 Å². The second-order valence-corrected chi connectivity index (χ2v) is 11.4. The summed E-state index contributed by atoms with van der Waals surface area (Å²) in [5, 5.41) is 5.84. The molecular weight excluding hydrogens is 464 g/mol. The highest BCUT2D eigenvalue weighted by Gasteiger charge is 2.51. The zero-order chi connectivity index (χ0) is 26.8. The summed E-state index contributed by atoms with van der Waals surface area (Å²) in [7, 11) is 0. The summed E-state index contributed by atoms with van der Waals surface area (Å²) in [6.07, 6.45) is -0.496. The Morgan fingerprint density at radius 3 is 2.24 bits per heavy atom. The van der Waals surface area contributed by atoms with Crippen LogP contribution >= 0.6 is 0 Å². The highest BCUT2D eigenvalue weighted by atomic mass is 16.6. The van der Waals surface area contributed by atoms with E-state index in [0.717, 1.165) is 27.9 Å². The number of carbonyl (C=O) groups excluding carboxylic acids is 2. The quantitative estimate of drug-likeness (QED) is 0.397. The summed E-state index contributed by atoms with van der Waals surface area (Å²) in [5.74, 6) is 0.470. The molecule has 2 amide bonds. The Kier molecular flexibility index (Phi) is 7.05. The lowest BCUT2D eigenvalue weighted by atomic mass is 9.68. The summed E-state index contributed by atoms with van der Waals surface area (Å²) in [5.41, 5.74) is 2.58. The van der Waals surface area contributed by atoms with Gasteiger partial charge in [0.05, 0.1) is 6.54 Å². The van der Waals surface area contributed by atoms with E-state index in [9.17, 15) is 9.59 Å². The van der Waals surface area contributed by atoms with Gasteiger partial charge in [0.2, 0.25) is 5.91 Å². The average Bonchev–Trinajstić information content (AvgIpc) is 3.13. The predicted molar refractivity (Wildman–Crippen MR) is 146 cm³/mol. The van der Waals surface area contributed by atoms with Gasteiger partial charge in [0.15, 0.2) is 0 Å². The highest BCUT2D eigenvalue weighted by Crippen LogP contribution is 2.51. The first-order valence-corrected chi connectivity index (χ1v) is 12.6. The van der Waals surface area contributed by atoms with Gasteiger partial charge in [-0.15, -0.1) is 0 Å². The number of para-hydroxylation sites is 1. The Hall–Kier alpha value is -3.80. The second kappa shape index (κ2) is 9.92. The monoisotopic (exact) mass is 500 g/mol. The summed E-state index contributed by atoms with van der Waals surface area (Å²) in [6, 6.07) is 23.7. The Morgan fingerprint density at radius 1 is 0.892 bits per heavy atom. The SMILES string of the molecule is CC(C)(C)OC(=O)NCCOc1ccc(C(C)(C)C)cc1C1(c2ccccc2)C(=O)Nc2ccccc21. The van der Waals surface area contributed by atoms with Gasteiger partial charge in [0.25, 0.3) is 0 Å². The zero-order valence-corrected chi connectivity index (χ0v) is 22.5. The third-order valence-corrected chi connectivity index (χ3v) is 6.40. The van der Waals surface area contributed by atoms with Gasteiger partial charge in [0.1, 0.15) is 23.4 Å². The van der Waals surface area contributed by atoms with E-state index < -0.39 is 17.1 Å². The molecule has 194 valence electrons. The molecule has 4 rings (SSSR count). The summed E-state index contributed by atoms with van der Waals surface area (Å²) in [6.45, 7) is 12.4. The van der Waals surface area contributed by atoms with Crippen LogP contribution in [0.25, 0.3) is 0 Å². The van der Waals surface area contributed by atoms with Crippen molar-refractivity contribution in [3.8, 4) is 5.75 Å². The van der Waals surface area contributed by atoms with Crippen molar-refractivity contribution in [2.24, 2.45) is 0 Å². The van der Waals surface area contributed by atoms with Crippen LogP contribution in [0.15, 0.2) is 72.8 Å². The largest absolute Gasteiger partial charge is 0.491 e. The Morgan fingerprint density at radius 2 is 1.57 bits per heavy atom. The summed E-state index contributed by atoms with van der Waals surface area (Å²) < 4.78 is 11.6. The van der Waals surface area contributed by atoms with Crippen LogP contribution in [0.2, 0.25) is 0 Å². The van der Waals surface area contributed by atoms with Crippen molar-refractivity contribution in [3.05, 3.63) is 95.1 Å². The van der Waals surface area contributed by atoms with Crippen LogP contribution in [-0.2, 0) is 20.4 Å². The number of hydrogen-bond acceptors (Lipinski definition) is 4. The first kappa shape index (κ1) is 26.3. The van der Waals surface area contributed by atoms with E-state index in [4.69, 9.17) is 9.47 Å². The van der Waals surface area contributed by atoms with Gasteiger partial charge in [-0.05, 0) is 55.5 Å². The van der Waals surface area contributed by atoms with Crippen molar-refractivity contribution in [1.29, 1.82) is 0 Å². The number of nitrogens with one attached hydrogen (secondary N) is 2. The number of rotatable bonds is 6. The fourth-order valence-corrected chi connectivity index (χ4v) is 4.70. The maximum atomic E-state index is 14.0. The van der Waals surface area contributed by atoms with Gasteiger partial charge >= 0.3 is 6.09 Å². The number of hydrogen-bond donors (Lipinski definition) is 2. The number of amides is 2. The molecule has 0 radical (unpaired) electrons. The first-order valence-electron chi connectivity index (χ1n) is 12.6. The fourth-order valence-electron chi connectivity index (χ4n) is 4.70. The van der Waals surface area contributed by atoms with Gasteiger partial charge in [-0.25, -0.2) is 4.79 Å². The number of benzene rings is 3. The van der Waals surface area contributed by atoms with Crippen molar-refractivity contribution in [3.63, 3.8) is 0 Å². The second-order valence-electron chi connectivity index (χ2n) is 11.4. The van der Waals surface area contributed by atoms with E-state index in [2.05, 4.69) is 37.5 Å². The molecule has 1 aliphatic heterocycles. The number of alkyl carbamates (subject to hydrolysis) is 1. The summed E-state index contributed by atoms with van der Waals surface area (Å²) in [4.78, 5) is 26.1. The maximum Gasteiger partial charge on any atom is 0.407 e. The van der Waals surface area contributed by atoms with Crippen LogP contribution in [0.5, 0.6) is 5.75 Å². The molecule has 1 unspecified atom stereocenters. The molecule has 0 spiro atoms. The van der Waals surface area contributed by atoms with Crippen molar-refractivity contribution < 1.29 is 19.1 Å². The number of carbonyl (C=O) groups is 2. The Labute approximate surface area is 219 Å². The van der Waals surface area contributed by atoms with Gasteiger partial charge in [-0.3, -0.25) is 4.79 Å². The fraction of sp³-hybridized carbons (Fsp3) is 0.355. The lowest BCUT2D eigenvalue weighted by molar-refractivity contribution is -0.118. The van der Waals surface area contributed by atoms with Crippen LogP contribution in [-0.4, -0.2) is 30.8 Å². The van der Waals surface area contributed by atoms with E-state index in [-0.39, 0.29) is 24.5 Å². The van der Waals surface area contributed by atoms with Gasteiger partial charge in [0, 0.05) is 16.8 Å². The van der Waals surface area contributed by atoms with Crippen LogP contribution < -0.4 is 15.4 Å². The summed E-state index contributed by atoms with van der Waals surface area (Å²) >= 11 is 0. The molecule has 2 N–H and O–H groups in total. The lowest BCUT2D eigenvalue weighted by Crippen LogP contribution is -2.38. The molecule has 1 heterocycles. The molecule has 1 atom stereocenters. The third kappa shape index (κ3) is 5.33. The zero-order valence-electron chi connectivity index (χ0n) is 22.5. The number of ether oxygens (including phenoxy) is 2.